The monoisotopic (exact) mass is 906 g/mol. The summed E-state index contributed by atoms with van der Waals surface area (Å²) >= 11 is 0. The van der Waals surface area contributed by atoms with Crippen LogP contribution in [-0.4, -0.2) is 9.97 Å². The summed E-state index contributed by atoms with van der Waals surface area (Å²) in [5, 5.41) is 2.10. The number of benzene rings is 9. The Morgan fingerprint density at radius 1 is 0.296 bits per heavy atom. The third-order valence-corrected chi connectivity index (χ3v) is 14.9. The molecule has 9 aromatic carbocycles. The molecule has 0 bridgehead atoms. The van der Waals surface area contributed by atoms with Gasteiger partial charge in [0.15, 0.2) is 0 Å². The quantitative estimate of drug-likeness (QED) is 0.177. The van der Waals surface area contributed by atoms with E-state index in [-0.39, 0.29) is 5.41 Å². The van der Waals surface area contributed by atoms with Crippen molar-refractivity contribution in [3.8, 4) is 123 Å². The first-order chi connectivity index (χ1) is 34.9. The van der Waals surface area contributed by atoms with E-state index in [1.54, 1.807) is 6.20 Å². The standard InChI is InChI=1S/C68H46N2O/c1-68(2,3)64-44(24-12-25-45(64)42-31-35-56-58-28-14-36-69-65(58)57-23-11-10-19-50(57)49-18-6-9-22-53(49)63(56)39-42)41-30-33-54-55-34-32-43(46-26-13-27-59-60-29-15-37-70-67(60)71-66(46)59)40-62(55)52-21-8-5-17-48(52)47-16-4-7-20-51(47)61(54)38-41/h4-40H,1-3H3. The summed E-state index contributed by atoms with van der Waals surface area (Å²) in [6, 6.07) is 78.2. The highest BCUT2D eigenvalue weighted by atomic mass is 16.3. The van der Waals surface area contributed by atoms with E-state index in [1.807, 2.05) is 12.3 Å². The van der Waals surface area contributed by atoms with E-state index in [2.05, 4.69) is 232 Å². The number of fused-ring (bicyclic) bond motifs is 19. The summed E-state index contributed by atoms with van der Waals surface area (Å²) in [6.07, 6.45) is 3.71. The van der Waals surface area contributed by atoms with Gasteiger partial charge in [-0.3, -0.25) is 4.98 Å². The van der Waals surface area contributed by atoms with Crippen LogP contribution < -0.4 is 0 Å². The van der Waals surface area contributed by atoms with Gasteiger partial charge in [-0.1, -0.05) is 197 Å². The van der Waals surface area contributed by atoms with Crippen LogP contribution in [0.2, 0.25) is 0 Å². The predicted octanol–water partition coefficient (Wildman–Crippen LogP) is 18.6. The molecule has 2 aliphatic carbocycles. The van der Waals surface area contributed by atoms with Crippen LogP contribution in [0, 0.1) is 0 Å². The van der Waals surface area contributed by atoms with Gasteiger partial charge >= 0.3 is 0 Å². The summed E-state index contributed by atoms with van der Waals surface area (Å²) < 4.78 is 6.48. The zero-order valence-electron chi connectivity index (χ0n) is 39.7. The number of pyridine rings is 2. The van der Waals surface area contributed by atoms with Gasteiger partial charge in [-0.05, 0) is 148 Å². The van der Waals surface area contributed by atoms with E-state index >= 15 is 0 Å². The lowest BCUT2D eigenvalue weighted by Gasteiger charge is -2.29. The Morgan fingerprint density at radius 3 is 1.20 bits per heavy atom. The minimum absolute atomic E-state index is 0.202. The number of nitrogens with zero attached hydrogens (tertiary/aromatic N) is 2. The molecule has 0 N–H and O–H groups in total. The Labute approximate surface area is 413 Å². The molecule has 0 fully saturated rings. The molecule has 0 spiro atoms. The van der Waals surface area contributed by atoms with Crippen LogP contribution in [0.25, 0.3) is 145 Å². The Morgan fingerprint density at radius 2 is 0.662 bits per heavy atom. The van der Waals surface area contributed by atoms with Gasteiger partial charge in [-0.25, -0.2) is 4.98 Å². The Bertz CT molecular complexity index is 4160. The first-order valence-corrected chi connectivity index (χ1v) is 24.5. The number of hydrogen-bond donors (Lipinski definition) is 0. The summed E-state index contributed by atoms with van der Waals surface area (Å²) in [6.45, 7) is 7.06. The average molecular weight is 907 g/mol. The molecule has 0 saturated heterocycles. The van der Waals surface area contributed by atoms with Crippen LogP contribution in [0.15, 0.2) is 229 Å². The maximum atomic E-state index is 6.48. The third kappa shape index (κ3) is 6.43. The first-order valence-electron chi connectivity index (χ1n) is 24.5. The van der Waals surface area contributed by atoms with Crippen LogP contribution in [0.4, 0.5) is 0 Å². The average Bonchev–Trinajstić information content (AvgIpc) is 3.81. The van der Waals surface area contributed by atoms with Crippen LogP contribution in [0.1, 0.15) is 26.3 Å². The Balaban J connectivity index is 0.960. The van der Waals surface area contributed by atoms with Gasteiger partial charge in [0, 0.05) is 39.9 Å². The fraction of sp³-hybridized carbons (Fsp3) is 0.0588. The van der Waals surface area contributed by atoms with Crippen LogP contribution in [0.5, 0.6) is 0 Å². The van der Waals surface area contributed by atoms with Crippen molar-refractivity contribution in [1.29, 1.82) is 0 Å². The molecule has 0 atom stereocenters. The van der Waals surface area contributed by atoms with E-state index in [9.17, 15) is 0 Å². The normalized spacial score (nSPS) is 12.2. The van der Waals surface area contributed by atoms with Gasteiger partial charge in [0.2, 0.25) is 5.71 Å². The number of rotatable bonds is 3. The maximum Gasteiger partial charge on any atom is 0.227 e. The van der Waals surface area contributed by atoms with Crippen molar-refractivity contribution in [3.63, 3.8) is 0 Å². The van der Waals surface area contributed by atoms with Gasteiger partial charge in [-0.15, -0.1) is 0 Å². The van der Waals surface area contributed by atoms with Crippen molar-refractivity contribution in [1.82, 2.24) is 9.97 Å². The predicted molar refractivity (Wildman–Crippen MR) is 295 cm³/mol. The fourth-order valence-electron chi connectivity index (χ4n) is 11.8. The summed E-state index contributed by atoms with van der Waals surface area (Å²) in [5.41, 5.74) is 28.6. The highest BCUT2D eigenvalue weighted by Crippen LogP contribution is 2.52. The highest BCUT2D eigenvalue weighted by Gasteiger charge is 2.29. The smallest absolute Gasteiger partial charge is 0.227 e. The second-order valence-electron chi connectivity index (χ2n) is 20.0. The van der Waals surface area contributed by atoms with Crippen molar-refractivity contribution < 1.29 is 4.42 Å². The van der Waals surface area contributed by atoms with Crippen molar-refractivity contribution in [2.75, 3.05) is 0 Å². The third-order valence-electron chi connectivity index (χ3n) is 14.9. The van der Waals surface area contributed by atoms with Crippen molar-refractivity contribution in [2.45, 2.75) is 26.2 Å². The van der Waals surface area contributed by atoms with Crippen molar-refractivity contribution >= 4 is 22.1 Å². The summed E-state index contributed by atoms with van der Waals surface area (Å²) in [5.74, 6) is 0. The zero-order valence-corrected chi connectivity index (χ0v) is 39.7. The lowest BCUT2D eigenvalue weighted by molar-refractivity contribution is 0.593. The molecule has 3 nitrogen and oxygen atoms in total. The maximum absolute atomic E-state index is 6.48. The molecule has 14 rings (SSSR count). The summed E-state index contributed by atoms with van der Waals surface area (Å²) in [4.78, 5) is 9.58. The van der Waals surface area contributed by atoms with Crippen LogP contribution in [0.3, 0.4) is 0 Å². The molecule has 3 heterocycles. The topological polar surface area (TPSA) is 38.9 Å². The van der Waals surface area contributed by atoms with Crippen molar-refractivity contribution in [3.05, 3.63) is 230 Å². The molecule has 12 aromatic rings. The lowest BCUT2D eigenvalue weighted by atomic mass is 9.75. The van der Waals surface area contributed by atoms with Crippen LogP contribution in [-0.2, 0) is 5.41 Å². The first kappa shape index (κ1) is 41.1. The van der Waals surface area contributed by atoms with Crippen molar-refractivity contribution in [2.24, 2.45) is 0 Å². The molecule has 3 heteroatoms. The second kappa shape index (κ2) is 15.8. The SMILES string of the molecule is CC(C)(C)c1c(-c2ccc3c(c2)-c2ccccc2-c2ccccc2-c2cc(-c4cccc5c4oc4ncccc45)ccc2-3)cccc1-c1ccc2c(c1)-c1ccccc1-c1ccccc1-c1ncccc1-2. The van der Waals surface area contributed by atoms with E-state index in [1.165, 1.54) is 100 Å². The van der Waals surface area contributed by atoms with E-state index < -0.39 is 0 Å². The molecular weight excluding hydrogens is 861 g/mol. The fourth-order valence-corrected chi connectivity index (χ4v) is 11.8. The Kier molecular flexibility index (Phi) is 9.15. The largest absolute Gasteiger partial charge is 0.437 e. The number of aromatic nitrogens is 2. The van der Waals surface area contributed by atoms with Gasteiger partial charge in [0.05, 0.1) is 5.69 Å². The highest BCUT2D eigenvalue weighted by molar-refractivity contribution is 6.10. The molecule has 0 saturated carbocycles. The van der Waals surface area contributed by atoms with Gasteiger partial charge in [0.25, 0.3) is 0 Å². The molecule has 334 valence electrons. The molecule has 71 heavy (non-hydrogen) atoms. The Hall–Kier alpha value is -8.92. The van der Waals surface area contributed by atoms with E-state index in [0.717, 1.165) is 44.3 Å². The second-order valence-corrected chi connectivity index (χ2v) is 20.0. The molecular formula is C68H46N2O. The van der Waals surface area contributed by atoms with Gasteiger partial charge < -0.3 is 4.42 Å². The molecule has 0 amide bonds. The molecule has 0 aliphatic heterocycles. The van der Waals surface area contributed by atoms with E-state index in [4.69, 9.17) is 9.40 Å². The van der Waals surface area contributed by atoms with Gasteiger partial charge in [0.1, 0.15) is 5.58 Å². The van der Waals surface area contributed by atoms with E-state index in [0.29, 0.717) is 5.71 Å². The van der Waals surface area contributed by atoms with Gasteiger partial charge in [-0.2, -0.15) is 0 Å². The lowest BCUT2D eigenvalue weighted by Crippen LogP contribution is -2.15. The molecule has 0 radical (unpaired) electrons. The van der Waals surface area contributed by atoms with Crippen LogP contribution >= 0.6 is 0 Å². The number of hydrogen-bond acceptors (Lipinski definition) is 3. The minimum Gasteiger partial charge on any atom is -0.437 e. The minimum atomic E-state index is -0.202. The molecule has 0 unspecified atom stereocenters. The number of para-hydroxylation sites is 1. The molecule has 3 aromatic heterocycles. The number of furan rings is 1. The zero-order chi connectivity index (χ0) is 47.4. The molecule has 2 aliphatic rings. The summed E-state index contributed by atoms with van der Waals surface area (Å²) in [7, 11) is 0.